The van der Waals surface area contributed by atoms with Crippen LogP contribution in [0.25, 0.3) is 11.1 Å². The van der Waals surface area contributed by atoms with Crippen molar-refractivity contribution < 1.29 is 14.6 Å². The summed E-state index contributed by atoms with van der Waals surface area (Å²) in [5.41, 5.74) is 5.38. The summed E-state index contributed by atoms with van der Waals surface area (Å²) in [5, 5.41) is 9.59. The van der Waals surface area contributed by atoms with Crippen LogP contribution in [-0.4, -0.2) is 17.2 Å². The van der Waals surface area contributed by atoms with Gasteiger partial charge in [0.1, 0.15) is 5.75 Å². The van der Waals surface area contributed by atoms with Gasteiger partial charge in [-0.15, -0.1) is 0 Å². The summed E-state index contributed by atoms with van der Waals surface area (Å²) in [4.78, 5) is 11.7. The van der Waals surface area contributed by atoms with Crippen molar-refractivity contribution in [3.8, 4) is 16.9 Å². The largest absolute Gasteiger partial charge is 0.478 e. The predicted molar refractivity (Wildman–Crippen MR) is 104 cm³/mol. The van der Waals surface area contributed by atoms with E-state index in [1.54, 1.807) is 0 Å². The van der Waals surface area contributed by atoms with Crippen molar-refractivity contribution in [2.45, 2.75) is 26.4 Å². The number of carboxylic acids is 1. The molecule has 0 saturated heterocycles. The van der Waals surface area contributed by atoms with Crippen molar-refractivity contribution in [2.24, 2.45) is 0 Å². The average molecular weight is 346 g/mol. The van der Waals surface area contributed by atoms with Gasteiger partial charge in [-0.25, -0.2) is 4.79 Å². The number of carbonyl (C=O) groups is 1. The summed E-state index contributed by atoms with van der Waals surface area (Å²) in [6, 6.07) is 23.5. The highest BCUT2D eigenvalue weighted by atomic mass is 16.5. The molecule has 0 unspecified atom stereocenters. The molecule has 1 atom stereocenters. The average Bonchev–Trinajstić information content (AvgIpc) is 2.65. The summed E-state index contributed by atoms with van der Waals surface area (Å²) in [6.45, 7) is 3.99. The molecule has 1 N–H and O–H groups in total. The predicted octanol–water partition coefficient (Wildman–Crippen LogP) is 5.05. The van der Waals surface area contributed by atoms with Crippen LogP contribution in [0.3, 0.4) is 0 Å². The maximum Gasteiger partial charge on any atom is 0.345 e. The highest BCUT2D eigenvalue weighted by Gasteiger charge is 2.22. The fourth-order valence-corrected chi connectivity index (χ4v) is 3.06. The maximum absolute atomic E-state index is 11.7. The second kappa shape index (κ2) is 7.87. The molecule has 0 aliphatic rings. The molecular weight excluding hydrogens is 324 g/mol. The van der Waals surface area contributed by atoms with Crippen molar-refractivity contribution in [2.75, 3.05) is 0 Å². The molecule has 3 aromatic carbocycles. The zero-order valence-corrected chi connectivity index (χ0v) is 15.0. The molecule has 3 heteroatoms. The molecule has 0 bridgehead atoms. The highest BCUT2D eigenvalue weighted by Crippen LogP contribution is 2.24. The molecule has 3 aromatic rings. The Kier molecular flexibility index (Phi) is 5.37. The van der Waals surface area contributed by atoms with Gasteiger partial charge in [-0.3, -0.25) is 0 Å². The maximum atomic E-state index is 11.7. The van der Waals surface area contributed by atoms with Crippen LogP contribution in [0.1, 0.15) is 16.7 Å². The van der Waals surface area contributed by atoms with Crippen LogP contribution in [0.5, 0.6) is 5.75 Å². The van der Waals surface area contributed by atoms with Crippen LogP contribution >= 0.6 is 0 Å². The number of rotatable bonds is 6. The van der Waals surface area contributed by atoms with Gasteiger partial charge in [-0.05, 0) is 53.8 Å². The minimum absolute atomic E-state index is 0.342. The Hall–Kier alpha value is -3.07. The topological polar surface area (TPSA) is 46.5 Å². The summed E-state index contributed by atoms with van der Waals surface area (Å²) in [6.07, 6.45) is -0.578. The number of carboxylic acid groups (broad SMARTS) is 1. The van der Waals surface area contributed by atoms with Crippen molar-refractivity contribution in [3.05, 3.63) is 89.5 Å². The molecule has 132 valence electrons. The number of ether oxygens (including phenoxy) is 1. The van der Waals surface area contributed by atoms with Crippen molar-refractivity contribution >= 4 is 5.97 Å². The lowest BCUT2D eigenvalue weighted by Gasteiger charge is -2.18. The van der Waals surface area contributed by atoms with Gasteiger partial charge < -0.3 is 9.84 Å². The molecule has 0 spiro atoms. The molecule has 0 aliphatic carbocycles. The first-order chi connectivity index (χ1) is 12.5. The van der Waals surface area contributed by atoms with E-state index in [-0.39, 0.29) is 0 Å². The van der Waals surface area contributed by atoms with E-state index in [1.165, 1.54) is 0 Å². The Bertz CT molecular complexity index is 863. The third-order valence-corrected chi connectivity index (χ3v) is 4.55. The number of hydrogen-bond donors (Lipinski definition) is 1. The fraction of sp³-hybridized carbons (Fsp3) is 0.174. The Morgan fingerprint density at radius 3 is 2.00 bits per heavy atom. The van der Waals surface area contributed by atoms with Gasteiger partial charge >= 0.3 is 5.97 Å². The van der Waals surface area contributed by atoms with E-state index in [0.717, 1.165) is 27.8 Å². The molecular formula is C23H22O3. The fourth-order valence-electron chi connectivity index (χ4n) is 3.06. The van der Waals surface area contributed by atoms with Gasteiger partial charge in [0.2, 0.25) is 0 Å². The Labute approximate surface area is 153 Å². The Morgan fingerprint density at radius 1 is 0.846 bits per heavy atom. The number of benzene rings is 3. The van der Waals surface area contributed by atoms with E-state index in [9.17, 15) is 9.90 Å². The van der Waals surface area contributed by atoms with Crippen LogP contribution in [0.2, 0.25) is 0 Å². The van der Waals surface area contributed by atoms with Crippen molar-refractivity contribution in [3.63, 3.8) is 0 Å². The molecule has 0 heterocycles. The van der Waals surface area contributed by atoms with E-state index in [1.807, 2.05) is 86.6 Å². The quantitative estimate of drug-likeness (QED) is 0.680. The van der Waals surface area contributed by atoms with Gasteiger partial charge in [-0.1, -0.05) is 60.7 Å². The summed E-state index contributed by atoms with van der Waals surface area (Å²) < 4.78 is 5.78. The van der Waals surface area contributed by atoms with Gasteiger partial charge in [0.05, 0.1) is 0 Å². The van der Waals surface area contributed by atoms with E-state index in [4.69, 9.17) is 4.74 Å². The lowest BCUT2D eigenvalue weighted by Crippen LogP contribution is -2.30. The third-order valence-electron chi connectivity index (χ3n) is 4.55. The molecule has 0 saturated carbocycles. The van der Waals surface area contributed by atoms with Crippen molar-refractivity contribution in [1.29, 1.82) is 0 Å². The van der Waals surface area contributed by atoms with Crippen LogP contribution in [0.4, 0.5) is 0 Å². The molecule has 26 heavy (non-hydrogen) atoms. The zero-order valence-electron chi connectivity index (χ0n) is 15.0. The third kappa shape index (κ3) is 4.12. The second-order valence-electron chi connectivity index (χ2n) is 6.41. The van der Waals surface area contributed by atoms with Crippen LogP contribution in [0.15, 0.2) is 72.8 Å². The molecule has 3 nitrogen and oxygen atoms in total. The van der Waals surface area contributed by atoms with Gasteiger partial charge in [-0.2, -0.15) is 0 Å². The molecule has 3 rings (SSSR count). The van der Waals surface area contributed by atoms with Crippen molar-refractivity contribution in [1.82, 2.24) is 0 Å². The SMILES string of the molecule is Cc1cccc(C)c1C[C@@H](Oc1ccc(-c2ccccc2)cc1)C(=O)O. The molecule has 0 aromatic heterocycles. The smallest absolute Gasteiger partial charge is 0.345 e. The van der Waals surface area contributed by atoms with Gasteiger partial charge in [0.15, 0.2) is 6.10 Å². The highest BCUT2D eigenvalue weighted by molar-refractivity contribution is 5.73. The van der Waals surface area contributed by atoms with Crippen LogP contribution in [0, 0.1) is 13.8 Å². The normalized spacial score (nSPS) is 11.8. The molecule has 0 radical (unpaired) electrons. The van der Waals surface area contributed by atoms with E-state index in [2.05, 4.69) is 0 Å². The molecule has 0 amide bonds. The lowest BCUT2D eigenvalue weighted by atomic mass is 9.97. The first-order valence-corrected chi connectivity index (χ1v) is 8.64. The zero-order chi connectivity index (χ0) is 18.5. The standard InChI is InChI=1S/C23H22O3/c1-16-7-6-8-17(2)21(16)15-22(23(24)25)26-20-13-11-19(12-14-20)18-9-4-3-5-10-18/h3-14,22H,15H2,1-2H3,(H,24,25)/t22-/m1/s1. The number of hydrogen-bond acceptors (Lipinski definition) is 2. The second-order valence-corrected chi connectivity index (χ2v) is 6.41. The minimum Gasteiger partial charge on any atom is -0.478 e. The van der Waals surface area contributed by atoms with Gasteiger partial charge in [0, 0.05) is 6.42 Å². The Morgan fingerprint density at radius 2 is 1.42 bits per heavy atom. The van der Waals surface area contributed by atoms with Crippen LogP contribution < -0.4 is 4.74 Å². The van der Waals surface area contributed by atoms with E-state index >= 15 is 0 Å². The van der Waals surface area contributed by atoms with Crippen LogP contribution in [-0.2, 0) is 11.2 Å². The first-order valence-electron chi connectivity index (χ1n) is 8.64. The van der Waals surface area contributed by atoms with E-state index < -0.39 is 12.1 Å². The van der Waals surface area contributed by atoms with Gasteiger partial charge in [0.25, 0.3) is 0 Å². The summed E-state index contributed by atoms with van der Waals surface area (Å²) in [7, 11) is 0. The molecule has 0 fully saturated rings. The molecule has 0 aliphatic heterocycles. The number of aryl methyl sites for hydroxylation is 2. The monoisotopic (exact) mass is 346 g/mol. The lowest BCUT2D eigenvalue weighted by molar-refractivity contribution is -0.145. The number of aliphatic carboxylic acids is 1. The first kappa shape index (κ1) is 17.7. The summed E-state index contributed by atoms with van der Waals surface area (Å²) in [5.74, 6) is -0.400. The summed E-state index contributed by atoms with van der Waals surface area (Å²) >= 11 is 0. The minimum atomic E-state index is -0.959. The van der Waals surface area contributed by atoms with E-state index in [0.29, 0.717) is 12.2 Å². The Balaban J connectivity index is 1.77.